The van der Waals surface area contributed by atoms with Crippen LogP contribution >= 0.6 is 0 Å². The fourth-order valence-corrected chi connectivity index (χ4v) is 7.37. The van der Waals surface area contributed by atoms with Crippen LogP contribution in [0.3, 0.4) is 0 Å². The van der Waals surface area contributed by atoms with Gasteiger partial charge in [-0.3, -0.25) is 4.79 Å². The van der Waals surface area contributed by atoms with Gasteiger partial charge >= 0.3 is 5.97 Å². The summed E-state index contributed by atoms with van der Waals surface area (Å²) in [4.78, 5) is 11.9. The van der Waals surface area contributed by atoms with Crippen molar-refractivity contribution in [2.75, 3.05) is 13.2 Å². The number of hydrogen-bond acceptors (Lipinski definition) is 3. The number of rotatable bonds is 7. The Morgan fingerprint density at radius 3 is 2.71 bits per heavy atom. The molecule has 0 saturated heterocycles. The molecule has 0 aromatic carbocycles. The van der Waals surface area contributed by atoms with E-state index in [2.05, 4.69) is 39.0 Å². The van der Waals surface area contributed by atoms with E-state index in [9.17, 15) is 4.79 Å². The minimum absolute atomic E-state index is 0.0839. The van der Waals surface area contributed by atoms with E-state index >= 15 is 0 Å². The number of carbonyl (C=O) groups is 1. The molecule has 2 fully saturated rings. The molecule has 0 unspecified atom stereocenters. The number of allylic oxidation sites excluding steroid dienone is 5. The summed E-state index contributed by atoms with van der Waals surface area (Å²) >= 11 is 0. The Labute approximate surface area is 189 Å². The van der Waals surface area contributed by atoms with Gasteiger partial charge in [-0.1, -0.05) is 44.9 Å². The molecule has 2 saturated carbocycles. The van der Waals surface area contributed by atoms with Gasteiger partial charge in [-0.05, 0) is 92.1 Å². The Kier molecular flexibility index (Phi) is 6.70. The van der Waals surface area contributed by atoms with Crippen LogP contribution in [0, 0.1) is 28.6 Å². The molecule has 5 atom stereocenters. The lowest BCUT2D eigenvalue weighted by Crippen LogP contribution is -2.48. The van der Waals surface area contributed by atoms with Crippen LogP contribution in [0.2, 0.25) is 0 Å². The van der Waals surface area contributed by atoms with Crippen LogP contribution in [0.25, 0.3) is 0 Å². The fraction of sp³-hybridized carbons (Fsp3) is 0.750. The second-order valence-electron chi connectivity index (χ2n) is 10.7. The van der Waals surface area contributed by atoms with Gasteiger partial charge in [-0.15, -0.1) is 0 Å². The van der Waals surface area contributed by atoms with Gasteiger partial charge < -0.3 is 9.47 Å². The number of fused-ring (bicyclic) bond motifs is 5. The van der Waals surface area contributed by atoms with Crippen LogP contribution in [0.4, 0.5) is 0 Å². The third-order valence-electron chi connectivity index (χ3n) is 9.19. The van der Waals surface area contributed by atoms with Crippen molar-refractivity contribution in [3.8, 4) is 0 Å². The minimum Gasteiger partial charge on any atom is -0.498 e. The van der Waals surface area contributed by atoms with E-state index in [0.29, 0.717) is 18.4 Å². The number of ether oxygens (including phenoxy) is 2. The predicted octanol–water partition coefficient (Wildman–Crippen LogP) is 7.14. The van der Waals surface area contributed by atoms with Crippen LogP contribution < -0.4 is 0 Å². The van der Waals surface area contributed by atoms with Crippen LogP contribution in [-0.4, -0.2) is 19.2 Å². The lowest BCUT2D eigenvalue weighted by atomic mass is 9.48. The zero-order chi connectivity index (χ0) is 22.1. The average Bonchev–Trinajstić information content (AvgIpc) is 3.09. The van der Waals surface area contributed by atoms with Crippen molar-refractivity contribution < 1.29 is 14.3 Å². The van der Waals surface area contributed by atoms with Crippen molar-refractivity contribution in [1.82, 2.24) is 0 Å². The molecule has 0 amide bonds. The number of esters is 1. The highest BCUT2D eigenvalue weighted by Gasteiger charge is 2.56. The molecule has 3 nitrogen and oxygen atoms in total. The predicted molar refractivity (Wildman–Crippen MR) is 125 cm³/mol. The second kappa shape index (κ2) is 9.16. The van der Waals surface area contributed by atoms with E-state index in [1.807, 2.05) is 6.92 Å². The molecule has 0 spiro atoms. The fourth-order valence-electron chi connectivity index (χ4n) is 7.37. The zero-order valence-electron chi connectivity index (χ0n) is 20.2. The molecule has 0 aromatic heterocycles. The molecule has 3 heteroatoms. The molecule has 0 radical (unpaired) electrons. The summed E-state index contributed by atoms with van der Waals surface area (Å²) in [5.41, 5.74) is 3.65. The summed E-state index contributed by atoms with van der Waals surface area (Å²) in [6.07, 6.45) is 18.5. The number of hydrogen-bond donors (Lipinski definition) is 0. The molecular weight excluding hydrogens is 384 g/mol. The van der Waals surface area contributed by atoms with E-state index < -0.39 is 0 Å². The highest BCUT2D eigenvalue weighted by atomic mass is 16.5. The Morgan fingerprint density at radius 2 is 1.94 bits per heavy atom. The Hall–Kier alpha value is -1.51. The molecule has 0 aromatic rings. The first kappa shape index (κ1) is 22.7. The summed E-state index contributed by atoms with van der Waals surface area (Å²) in [6, 6.07) is 0. The normalized spacial score (nSPS) is 37.9. The zero-order valence-corrected chi connectivity index (χ0v) is 20.2. The minimum atomic E-state index is -0.0839. The first-order chi connectivity index (χ1) is 14.9. The van der Waals surface area contributed by atoms with Gasteiger partial charge in [-0.2, -0.15) is 0 Å². The van der Waals surface area contributed by atoms with E-state index in [0.717, 1.165) is 43.6 Å². The van der Waals surface area contributed by atoms with Crippen LogP contribution in [0.5, 0.6) is 0 Å². The molecule has 0 N–H and O–H groups in total. The van der Waals surface area contributed by atoms with Crippen LogP contribution in [-0.2, 0) is 14.3 Å². The van der Waals surface area contributed by atoms with Crippen molar-refractivity contribution in [3.63, 3.8) is 0 Å². The molecule has 0 heterocycles. The van der Waals surface area contributed by atoms with E-state index in [1.54, 1.807) is 5.57 Å². The number of carbonyl (C=O) groups excluding carboxylic acids is 1. The third kappa shape index (κ3) is 4.14. The average molecular weight is 427 g/mol. The van der Waals surface area contributed by atoms with E-state index in [4.69, 9.17) is 9.47 Å². The maximum atomic E-state index is 11.9. The topological polar surface area (TPSA) is 35.5 Å². The lowest BCUT2D eigenvalue weighted by molar-refractivity contribution is -0.142. The van der Waals surface area contributed by atoms with Crippen LogP contribution in [0.1, 0.15) is 91.9 Å². The highest BCUT2D eigenvalue weighted by Crippen LogP contribution is 2.65. The molecule has 4 aliphatic rings. The van der Waals surface area contributed by atoms with Crippen molar-refractivity contribution in [3.05, 3.63) is 35.1 Å². The Morgan fingerprint density at radius 1 is 1.13 bits per heavy atom. The molecule has 4 aliphatic carbocycles. The Balaban J connectivity index is 1.50. The van der Waals surface area contributed by atoms with Crippen molar-refractivity contribution in [2.45, 2.75) is 91.9 Å². The summed E-state index contributed by atoms with van der Waals surface area (Å²) in [7, 11) is 0. The van der Waals surface area contributed by atoms with Gasteiger partial charge in [-0.25, -0.2) is 0 Å². The van der Waals surface area contributed by atoms with Gasteiger partial charge in [0.25, 0.3) is 0 Å². The monoisotopic (exact) mass is 426 g/mol. The summed E-state index contributed by atoms with van der Waals surface area (Å²) in [6.45, 7) is 10.4. The van der Waals surface area contributed by atoms with Crippen molar-refractivity contribution >= 4 is 5.97 Å². The summed E-state index contributed by atoms with van der Waals surface area (Å²) in [5, 5.41) is 0. The smallest absolute Gasteiger partial charge is 0.309 e. The summed E-state index contributed by atoms with van der Waals surface area (Å²) in [5.74, 6) is 3.43. The molecule has 0 bridgehead atoms. The summed E-state index contributed by atoms with van der Waals surface area (Å²) < 4.78 is 11.3. The molecule has 4 rings (SSSR count). The largest absolute Gasteiger partial charge is 0.498 e. The third-order valence-corrected chi connectivity index (χ3v) is 9.19. The lowest BCUT2D eigenvalue weighted by Gasteiger charge is -2.56. The molecule has 31 heavy (non-hydrogen) atoms. The van der Waals surface area contributed by atoms with Gasteiger partial charge in [0.2, 0.25) is 0 Å². The molecule has 172 valence electrons. The van der Waals surface area contributed by atoms with Gasteiger partial charge in [0, 0.05) is 6.42 Å². The van der Waals surface area contributed by atoms with E-state index in [1.165, 1.54) is 49.9 Å². The van der Waals surface area contributed by atoms with Gasteiger partial charge in [0.1, 0.15) is 0 Å². The van der Waals surface area contributed by atoms with E-state index in [-0.39, 0.29) is 11.4 Å². The second-order valence-corrected chi connectivity index (χ2v) is 10.7. The first-order valence-corrected chi connectivity index (χ1v) is 12.8. The number of unbranched alkanes of at least 4 members (excludes halogenated alkanes) is 1. The maximum Gasteiger partial charge on any atom is 0.309 e. The van der Waals surface area contributed by atoms with Gasteiger partial charge in [0.05, 0.1) is 25.4 Å². The Bertz CT molecular complexity index is 775. The van der Waals surface area contributed by atoms with Crippen molar-refractivity contribution in [2.24, 2.45) is 28.6 Å². The quantitative estimate of drug-likeness (QED) is 0.246. The van der Waals surface area contributed by atoms with Gasteiger partial charge in [0.15, 0.2) is 0 Å². The molecule has 0 aliphatic heterocycles. The first-order valence-electron chi connectivity index (χ1n) is 12.8. The van der Waals surface area contributed by atoms with Crippen molar-refractivity contribution in [1.29, 1.82) is 0 Å². The maximum absolute atomic E-state index is 11.9. The highest BCUT2D eigenvalue weighted by molar-refractivity contribution is 5.71. The molecular formula is C28H42O3. The van der Waals surface area contributed by atoms with Crippen LogP contribution in [0.15, 0.2) is 35.1 Å². The standard InChI is InChI=1S/C28H42O3/c1-5-7-18-31-22-14-16-28(4)21(19-22)8-11-23-24-12-9-20(10-13-26(29)30-6-2)27(24,3)17-15-25(23)28/h8,10,19,23-25H,5-7,9,11-18H2,1-4H3/t23-,24-,25-,27+,28-/m0/s1. The SMILES string of the molecule is CCCCOC1=CC2=CC[C@@H]3[C@H](CC[C@]4(C)C(=CCC(=O)OCC)CC[C@@H]34)[C@@]2(C)CC1.